The van der Waals surface area contributed by atoms with Crippen LogP contribution >= 0.6 is 0 Å². The van der Waals surface area contributed by atoms with Crippen LogP contribution in [-0.4, -0.2) is 22.2 Å². The van der Waals surface area contributed by atoms with E-state index >= 15 is 0 Å². The Kier molecular flexibility index (Phi) is 3.59. The predicted octanol–water partition coefficient (Wildman–Crippen LogP) is 1.27. The van der Waals surface area contributed by atoms with Crippen LogP contribution in [0.4, 0.5) is 0 Å². The lowest BCUT2D eigenvalue weighted by molar-refractivity contribution is -0.124. The summed E-state index contributed by atoms with van der Waals surface area (Å²) in [7, 11) is 1.92. The molecule has 2 rings (SSSR count). The lowest BCUT2D eigenvalue weighted by Crippen LogP contribution is -2.29. The summed E-state index contributed by atoms with van der Waals surface area (Å²) in [6.45, 7) is 0.849. The van der Waals surface area contributed by atoms with E-state index < -0.39 is 0 Å². The number of nitrogens with zero attached hydrogens (tertiary/aromatic N) is 2. The van der Waals surface area contributed by atoms with Gasteiger partial charge in [0, 0.05) is 25.7 Å². The molecule has 1 aliphatic rings. The van der Waals surface area contributed by atoms with Gasteiger partial charge in [0.05, 0.1) is 6.20 Å². The second-order valence-electron chi connectivity index (χ2n) is 4.54. The van der Waals surface area contributed by atoms with Gasteiger partial charge >= 0.3 is 0 Å². The third-order valence-electron chi connectivity index (χ3n) is 3.19. The van der Waals surface area contributed by atoms with Crippen LogP contribution in [0.1, 0.15) is 31.2 Å². The lowest BCUT2D eigenvalue weighted by atomic mass is 9.96. The molecule has 0 aliphatic carbocycles. The van der Waals surface area contributed by atoms with Crippen molar-refractivity contribution in [1.29, 1.82) is 0 Å². The van der Waals surface area contributed by atoms with Crippen molar-refractivity contribution in [2.24, 2.45) is 13.0 Å². The van der Waals surface area contributed by atoms with Crippen LogP contribution in [0.5, 0.6) is 0 Å². The molecule has 0 aromatic carbocycles. The Hall–Kier alpha value is -1.32. The molecule has 2 heterocycles. The minimum absolute atomic E-state index is 0.197. The van der Waals surface area contributed by atoms with Crippen LogP contribution < -0.4 is 5.32 Å². The fourth-order valence-electron chi connectivity index (χ4n) is 2.22. The molecular formula is C12H19N3O. The number of aryl methyl sites for hydroxylation is 2. The summed E-state index contributed by atoms with van der Waals surface area (Å²) in [5, 5.41) is 7.11. The monoisotopic (exact) mass is 221 g/mol. The summed E-state index contributed by atoms with van der Waals surface area (Å²) in [5.41, 5.74) is 1.22. The summed E-state index contributed by atoms with van der Waals surface area (Å²) in [6.07, 6.45) is 9.12. The van der Waals surface area contributed by atoms with Crippen molar-refractivity contribution in [2.75, 3.05) is 6.54 Å². The van der Waals surface area contributed by atoms with Gasteiger partial charge < -0.3 is 5.32 Å². The number of rotatable bonds is 3. The van der Waals surface area contributed by atoms with E-state index in [0.29, 0.717) is 0 Å². The Morgan fingerprint density at radius 3 is 3.19 bits per heavy atom. The molecule has 1 fully saturated rings. The smallest absolute Gasteiger partial charge is 0.223 e. The van der Waals surface area contributed by atoms with Crippen LogP contribution in [0.25, 0.3) is 0 Å². The molecule has 0 saturated carbocycles. The first-order valence-electron chi connectivity index (χ1n) is 6.01. The van der Waals surface area contributed by atoms with Gasteiger partial charge in [-0.2, -0.15) is 5.10 Å². The van der Waals surface area contributed by atoms with Crippen molar-refractivity contribution in [3.63, 3.8) is 0 Å². The van der Waals surface area contributed by atoms with E-state index in [1.165, 1.54) is 5.56 Å². The minimum atomic E-state index is 0.197. The molecule has 0 spiro atoms. The third-order valence-corrected chi connectivity index (χ3v) is 3.19. The Morgan fingerprint density at radius 2 is 2.44 bits per heavy atom. The van der Waals surface area contributed by atoms with Gasteiger partial charge in [-0.3, -0.25) is 9.48 Å². The zero-order valence-electron chi connectivity index (χ0n) is 9.78. The van der Waals surface area contributed by atoms with E-state index in [1.807, 2.05) is 24.1 Å². The molecule has 4 heteroatoms. The van der Waals surface area contributed by atoms with Crippen LogP contribution in [0.2, 0.25) is 0 Å². The highest BCUT2D eigenvalue weighted by Crippen LogP contribution is 2.18. The average molecular weight is 221 g/mol. The Labute approximate surface area is 96.0 Å². The van der Waals surface area contributed by atoms with E-state index in [0.717, 1.165) is 38.6 Å². The normalized spacial score (nSPS) is 21.6. The molecule has 1 atom stereocenters. The van der Waals surface area contributed by atoms with Crippen molar-refractivity contribution in [2.45, 2.75) is 32.1 Å². The lowest BCUT2D eigenvalue weighted by Gasteiger charge is -2.11. The SMILES string of the molecule is Cn1cc(CCC2CCCCNC2=O)cn1. The number of nitrogens with one attached hydrogen (secondary N) is 1. The number of hydrogen-bond acceptors (Lipinski definition) is 2. The number of carbonyl (C=O) groups excluding carboxylic acids is 1. The fraction of sp³-hybridized carbons (Fsp3) is 0.667. The number of amides is 1. The standard InChI is InChI=1S/C12H19N3O/c1-15-9-10(8-14-15)5-6-11-4-2-3-7-13-12(11)16/h8-9,11H,2-7H2,1H3,(H,13,16). The van der Waals surface area contributed by atoms with Gasteiger partial charge in [-0.25, -0.2) is 0 Å². The molecule has 0 bridgehead atoms. The van der Waals surface area contributed by atoms with Crippen molar-refractivity contribution >= 4 is 5.91 Å². The van der Waals surface area contributed by atoms with Crippen molar-refractivity contribution in [3.8, 4) is 0 Å². The second-order valence-corrected chi connectivity index (χ2v) is 4.54. The molecule has 1 aromatic rings. The maximum absolute atomic E-state index is 11.7. The molecule has 1 unspecified atom stereocenters. The summed E-state index contributed by atoms with van der Waals surface area (Å²) in [4.78, 5) is 11.7. The number of carbonyl (C=O) groups is 1. The van der Waals surface area contributed by atoms with Crippen molar-refractivity contribution < 1.29 is 4.79 Å². The Bertz CT molecular complexity index is 359. The van der Waals surface area contributed by atoms with Gasteiger partial charge in [-0.15, -0.1) is 0 Å². The first-order chi connectivity index (χ1) is 7.75. The molecule has 1 aromatic heterocycles. The zero-order valence-corrected chi connectivity index (χ0v) is 9.78. The van der Waals surface area contributed by atoms with Gasteiger partial charge in [0.15, 0.2) is 0 Å². The quantitative estimate of drug-likeness (QED) is 0.835. The average Bonchev–Trinajstić information content (AvgIpc) is 2.56. The molecule has 88 valence electrons. The van der Waals surface area contributed by atoms with Crippen molar-refractivity contribution in [3.05, 3.63) is 18.0 Å². The van der Waals surface area contributed by atoms with Gasteiger partial charge in [0.2, 0.25) is 5.91 Å². The first-order valence-corrected chi connectivity index (χ1v) is 6.01. The van der Waals surface area contributed by atoms with Gasteiger partial charge in [0.25, 0.3) is 0 Å². The molecule has 1 saturated heterocycles. The largest absolute Gasteiger partial charge is 0.356 e. The molecule has 1 aliphatic heterocycles. The summed E-state index contributed by atoms with van der Waals surface area (Å²) in [5.74, 6) is 0.434. The molecule has 0 radical (unpaired) electrons. The summed E-state index contributed by atoms with van der Waals surface area (Å²) < 4.78 is 1.81. The van der Waals surface area contributed by atoms with E-state index in [-0.39, 0.29) is 11.8 Å². The predicted molar refractivity (Wildman–Crippen MR) is 61.9 cm³/mol. The van der Waals surface area contributed by atoms with Crippen LogP contribution in [0.15, 0.2) is 12.4 Å². The molecule has 4 nitrogen and oxygen atoms in total. The summed E-state index contributed by atoms with van der Waals surface area (Å²) >= 11 is 0. The molecule has 16 heavy (non-hydrogen) atoms. The topological polar surface area (TPSA) is 46.9 Å². The Morgan fingerprint density at radius 1 is 1.56 bits per heavy atom. The van der Waals surface area contributed by atoms with Crippen LogP contribution in [0.3, 0.4) is 0 Å². The number of aromatic nitrogens is 2. The maximum atomic E-state index is 11.7. The zero-order chi connectivity index (χ0) is 11.4. The van der Waals surface area contributed by atoms with E-state index in [2.05, 4.69) is 10.4 Å². The van der Waals surface area contributed by atoms with E-state index in [4.69, 9.17) is 0 Å². The van der Waals surface area contributed by atoms with Crippen molar-refractivity contribution in [1.82, 2.24) is 15.1 Å². The van der Waals surface area contributed by atoms with Gasteiger partial charge in [-0.05, 0) is 31.2 Å². The van der Waals surface area contributed by atoms with E-state index in [1.54, 1.807) is 0 Å². The van der Waals surface area contributed by atoms with Crippen LogP contribution in [0, 0.1) is 5.92 Å². The number of hydrogen-bond donors (Lipinski definition) is 1. The van der Waals surface area contributed by atoms with E-state index in [9.17, 15) is 4.79 Å². The van der Waals surface area contributed by atoms with Crippen LogP contribution in [-0.2, 0) is 18.3 Å². The third kappa shape index (κ3) is 2.84. The first kappa shape index (κ1) is 11.2. The van der Waals surface area contributed by atoms with Gasteiger partial charge in [-0.1, -0.05) is 6.42 Å². The maximum Gasteiger partial charge on any atom is 0.223 e. The molecule has 1 N–H and O–H groups in total. The highest BCUT2D eigenvalue weighted by Gasteiger charge is 2.20. The highest BCUT2D eigenvalue weighted by molar-refractivity contribution is 5.78. The second kappa shape index (κ2) is 5.14. The Balaban J connectivity index is 1.86. The fourth-order valence-corrected chi connectivity index (χ4v) is 2.22. The van der Waals surface area contributed by atoms with Gasteiger partial charge in [0.1, 0.15) is 0 Å². The highest BCUT2D eigenvalue weighted by atomic mass is 16.1. The molecule has 1 amide bonds. The minimum Gasteiger partial charge on any atom is -0.356 e. The summed E-state index contributed by atoms with van der Waals surface area (Å²) in [6, 6.07) is 0. The molecular weight excluding hydrogens is 202 g/mol.